The largest absolute Gasteiger partial charge is 0.310 e. The molecule has 0 amide bonds. The van der Waals surface area contributed by atoms with Gasteiger partial charge in [-0.1, -0.05) is 38.1 Å². The van der Waals surface area contributed by atoms with Crippen LogP contribution in [0, 0.1) is 0 Å². The van der Waals surface area contributed by atoms with Gasteiger partial charge in [-0.15, -0.1) is 0 Å². The van der Waals surface area contributed by atoms with Crippen molar-refractivity contribution in [3.05, 3.63) is 53.3 Å². The summed E-state index contributed by atoms with van der Waals surface area (Å²) in [6.07, 6.45) is 3.99. The summed E-state index contributed by atoms with van der Waals surface area (Å²) in [6, 6.07) is 9.38. The molecule has 0 saturated carbocycles. The van der Waals surface area contributed by atoms with Crippen LogP contribution in [0.25, 0.3) is 0 Å². The Morgan fingerprint density at radius 1 is 1.10 bits per heavy atom. The van der Waals surface area contributed by atoms with Crippen LogP contribution < -0.4 is 5.32 Å². The van der Waals surface area contributed by atoms with E-state index in [4.69, 9.17) is 0 Å². The van der Waals surface area contributed by atoms with Crippen LogP contribution in [0.15, 0.2) is 36.7 Å². The van der Waals surface area contributed by atoms with Gasteiger partial charge in [0.05, 0.1) is 6.20 Å². The molecule has 0 aliphatic heterocycles. The first kappa shape index (κ1) is 15.7. The van der Waals surface area contributed by atoms with Gasteiger partial charge in [-0.05, 0) is 18.2 Å². The van der Waals surface area contributed by atoms with Gasteiger partial charge in [0.15, 0.2) is 0 Å². The van der Waals surface area contributed by atoms with E-state index in [0.29, 0.717) is 6.04 Å². The minimum absolute atomic E-state index is 0.523. The molecular weight excluding hydrogens is 260 g/mol. The van der Waals surface area contributed by atoms with Crippen LogP contribution >= 0.6 is 0 Å². The summed E-state index contributed by atoms with van der Waals surface area (Å²) in [5.74, 6) is 0. The number of nitrogens with one attached hydrogen (secondary N) is 1. The lowest BCUT2D eigenvalue weighted by molar-refractivity contribution is 0.319. The predicted octanol–water partition coefficient (Wildman–Crippen LogP) is 2.55. The normalized spacial score (nSPS) is 11.5. The third-order valence-electron chi connectivity index (χ3n) is 3.40. The third kappa shape index (κ3) is 5.33. The lowest BCUT2D eigenvalue weighted by Gasteiger charge is -2.16. The van der Waals surface area contributed by atoms with Crippen LogP contribution in [-0.2, 0) is 26.7 Å². The standard InChI is InChI=1S/C17H26N4/c1-14(2)18-9-15-5-7-16(8-6-15)11-20(3)12-17-10-19-21(4)13-17/h5-8,10,13-14,18H,9,11-12H2,1-4H3. The van der Waals surface area contributed by atoms with Crippen molar-refractivity contribution < 1.29 is 0 Å². The maximum atomic E-state index is 4.21. The fourth-order valence-corrected chi connectivity index (χ4v) is 2.32. The minimum atomic E-state index is 0.523. The van der Waals surface area contributed by atoms with Gasteiger partial charge in [0, 0.05) is 44.5 Å². The highest BCUT2D eigenvalue weighted by molar-refractivity contribution is 5.22. The van der Waals surface area contributed by atoms with Crippen LogP contribution in [0.3, 0.4) is 0 Å². The molecule has 4 heteroatoms. The molecule has 1 heterocycles. The smallest absolute Gasteiger partial charge is 0.0534 e. The molecule has 0 radical (unpaired) electrons. The van der Waals surface area contributed by atoms with Gasteiger partial charge in [-0.2, -0.15) is 5.10 Å². The maximum absolute atomic E-state index is 4.21. The second-order valence-corrected chi connectivity index (χ2v) is 6.05. The number of nitrogens with zero attached hydrogens (tertiary/aromatic N) is 3. The summed E-state index contributed by atoms with van der Waals surface area (Å²) in [5, 5.41) is 7.64. The van der Waals surface area contributed by atoms with Gasteiger partial charge in [0.25, 0.3) is 0 Å². The number of hydrogen-bond donors (Lipinski definition) is 1. The van der Waals surface area contributed by atoms with Crippen LogP contribution in [0.1, 0.15) is 30.5 Å². The van der Waals surface area contributed by atoms with Crippen molar-refractivity contribution in [2.75, 3.05) is 7.05 Å². The van der Waals surface area contributed by atoms with Gasteiger partial charge in [0.1, 0.15) is 0 Å². The molecule has 0 atom stereocenters. The molecular formula is C17H26N4. The summed E-state index contributed by atoms with van der Waals surface area (Å²) in [5.41, 5.74) is 3.93. The Bertz CT molecular complexity index is 542. The van der Waals surface area contributed by atoms with Crippen molar-refractivity contribution >= 4 is 0 Å². The summed E-state index contributed by atoms with van der Waals surface area (Å²) in [7, 11) is 4.09. The minimum Gasteiger partial charge on any atom is -0.310 e. The van der Waals surface area contributed by atoms with E-state index in [0.717, 1.165) is 19.6 Å². The van der Waals surface area contributed by atoms with E-state index >= 15 is 0 Å². The molecule has 2 aromatic rings. The maximum Gasteiger partial charge on any atom is 0.0534 e. The zero-order valence-electron chi connectivity index (χ0n) is 13.5. The Morgan fingerprint density at radius 3 is 2.29 bits per heavy atom. The van der Waals surface area contributed by atoms with Gasteiger partial charge in [-0.25, -0.2) is 0 Å². The molecule has 1 N–H and O–H groups in total. The van der Waals surface area contributed by atoms with Crippen LogP contribution in [-0.4, -0.2) is 27.8 Å². The first-order valence-electron chi connectivity index (χ1n) is 7.50. The highest BCUT2D eigenvalue weighted by Crippen LogP contribution is 2.09. The average molecular weight is 286 g/mol. The Kier molecular flexibility index (Phi) is 5.53. The van der Waals surface area contributed by atoms with Gasteiger partial charge in [0.2, 0.25) is 0 Å². The fourth-order valence-electron chi connectivity index (χ4n) is 2.32. The Labute approximate surface area is 127 Å². The summed E-state index contributed by atoms with van der Waals surface area (Å²) >= 11 is 0. The average Bonchev–Trinajstić information content (AvgIpc) is 2.83. The van der Waals surface area contributed by atoms with Crippen LogP contribution in [0.4, 0.5) is 0 Å². The lowest BCUT2D eigenvalue weighted by Crippen LogP contribution is -2.21. The zero-order chi connectivity index (χ0) is 15.2. The first-order valence-corrected chi connectivity index (χ1v) is 7.50. The summed E-state index contributed by atoms with van der Waals surface area (Å²) in [6.45, 7) is 7.14. The van der Waals surface area contributed by atoms with Crippen LogP contribution in [0.5, 0.6) is 0 Å². The molecule has 0 bridgehead atoms. The van der Waals surface area contributed by atoms with Crippen molar-refractivity contribution in [2.24, 2.45) is 7.05 Å². The number of aromatic nitrogens is 2. The molecule has 4 nitrogen and oxygen atoms in total. The molecule has 0 saturated heterocycles. The van der Waals surface area contributed by atoms with Crippen molar-refractivity contribution in [1.82, 2.24) is 20.0 Å². The van der Waals surface area contributed by atoms with E-state index in [9.17, 15) is 0 Å². The van der Waals surface area contributed by atoms with Crippen molar-refractivity contribution in [2.45, 2.75) is 39.5 Å². The Hall–Kier alpha value is -1.65. The second-order valence-electron chi connectivity index (χ2n) is 6.05. The molecule has 1 aromatic carbocycles. The van der Waals surface area contributed by atoms with Crippen LogP contribution in [0.2, 0.25) is 0 Å². The molecule has 114 valence electrons. The highest BCUT2D eigenvalue weighted by atomic mass is 15.2. The molecule has 0 spiro atoms. The number of aryl methyl sites for hydroxylation is 1. The molecule has 0 aliphatic carbocycles. The third-order valence-corrected chi connectivity index (χ3v) is 3.40. The van der Waals surface area contributed by atoms with E-state index in [2.05, 4.69) is 66.7 Å². The first-order chi connectivity index (χ1) is 10.0. The molecule has 0 aliphatic rings. The van der Waals surface area contributed by atoms with E-state index in [1.165, 1.54) is 16.7 Å². The molecule has 0 unspecified atom stereocenters. The van der Waals surface area contributed by atoms with E-state index in [-0.39, 0.29) is 0 Å². The monoisotopic (exact) mass is 286 g/mol. The topological polar surface area (TPSA) is 33.1 Å². The molecule has 1 aromatic heterocycles. The number of rotatable bonds is 7. The number of hydrogen-bond acceptors (Lipinski definition) is 3. The van der Waals surface area contributed by atoms with Crippen molar-refractivity contribution in [3.8, 4) is 0 Å². The second kappa shape index (κ2) is 7.38. The molecule has 2 rings (SSSR count). The lowest BCUT2D eigenvalue weighted by atomic mass is 10.1. The van der Waals surface area contributed by atoms with Gasteiger partial charge in [-0.3, -0.25) is 9.58 Å². The van der Waals surface area contributed by atoms with E-state index in [1.54, 1.807) is 0 Å². The Balaban J connectivity index is 1.84. The molecule has 21 heavy (non-hydrogen) atoms. The van der Waals surface area contributed by atoms with Gasteiger partial charge < -0.3 is 5.32 Å². The number of benzene rings is 1. The van der Waals surface area contributed by atoms with Crippen molar-refractivity contribution in [3.63, 3.8) is 0 Å². The SMILES string of the molecule is CC(C)NCc1ccc(CN(C)Cc2cnn(C)c2)cc1. The molecule has 0 fully saturated rings. The van der Waals surface area contributed by atoms with Gasteiger partial charge >= 0.3 is 0 Å². The summed E-state index contributed by atoms with van der Waals surface area (Å²) in [4.78, 5) is 2.30. The predicted molar refractivity (Wildman–Crippen MR) is 86.8 cm³/mol. The fraction of sp³-hybridized carbons (Fsp3) is 0.471. The van der Waals surface area contributed by atoms with Crippen molar-refractivity contribution in [1.29, 1.82) is 0 Å². The van der Waals surface area contributed by atoms with E-state index in [1.807, 2.05) is 17.9 Å². The quantitative estimate of drug-likeness (QED) is 0.849. The highest BCUT2D eigenvalue weighted by Gasteiger charge is 2.04. The Morgan fingerprint density at radius 2 is 1.71 bits per heavy atom. The summed E-state index contributed by atoms with van der Waals surface area (Å²) < 4.78 is 1.85. The van der Waals surface area contributed by atoms with E-state index < -0.39 is 0 Å². The zero-order valence-corrected chi connectivity index (χ0v) is 13.5.